The van der Waals surface area contributed by atoms with E-state index < -0.39 is 6.10 Å². The van der Waals surface area contributed by atoms with E-state index in [9.17, 15) is 9.90 Å². The molecule has 1 atom stereocenters. The topological polar surface area (TPSA) is 119 Å². The van der Waals surface area contributed by atoms with Gasteiger partial charge in [-0.15, -0.1) is 16.4 Å². The summed E-state index contributed by atoms with van der Waals surface area (Å²) in [6, 6.07) is 4.94. The second-order valence-corrected chi connectivity index (χ2v) is 7.84. The maximum atomic E-state index is 11.8. The molecule has 0 saturated carbocycles. The quantitative estimate of drug-likeness (QED) is 0.406. The van der Waals surface area contributed by atoms with Crippen molar-refractivity contribution in [2.45, 2.75) is 26.4 Å². The molecule has 3 heterocycles. The SMILES string of the molecule is CCNC(=O)Nc1ccc(-n2cc(C(O)c3c(CC)sc4cncn34)nn2)cc1OC. The van der Waals surface area contributed by atoms with Crippen molar-refractivity contribution in [1.29, 1.82) is 0 Å². The fraction of sp³-hybridized carbons (Fsp3) is 0.300. The molecule has 0 spiro atoms. The number of benzene rings is 1. The number of aromatic nitrogens is 5. The second kappa shape index (κ2) is 8.74. The third-order valence-electron chi connectivity index (χ3n) is 4.78. The number of aliphatic hydroxyl groups excluding tert-OH is 1. The highest BCUT2D eigenvalue weighted by Gasteiger charge is 2.23. The highest BCUT2D eigenvalue weighted by atomic mass is 32.1. The number of rotatable bonds is 7. The standard InChI is InChI=1S/C20H23N7O3S/c1-4-16-18(26-11-21-9-17(26)31-16)19(28)14-10-27(25-24-14)12-6-7-13(15(8-12)30-3)23-20(29)22-5-2/h6-11,19,28H,4-5H2,1-3H3,(H2,22,23,29). The highest BCUT2D eigenvalue weighted by Crippen LogP contribution is 2.32. The Bertz CT molecular complexity index is 1210. The summed E-state index contributed by atoms with van der Waals surface area (Å²) in [7, 11) is 1.53. The Morgan fingerprint density at radius 2 is 2.19 bits per heavy atom. The fourth-order valence-electron chi connectivity index (χ4n) is 3.31. The summed E-state index contributed by atoms with van der Waals surface area (Å²) in [6.07, 6.45) is 5.01. The first-order chi connectivity index (χ1) is 15.0. The minimum absolute atomic E-state index is 0.312. The largest absolute Gasteiger partial charge is 0.494 e. The van der Waals surface area contributed by atoms with Crippen molar-refractivity contribution >= 4 is 27.9 Å². The number of carbonyl (C=O) groups is 1. The number of hydrogen-bond donors (Lipinski definition) is 3. The molecule has 10 nitrogen and oxygen atoms in total. The normalized spacial score (nSPS) is 12.1. The van der Waals surface area contributed by atoms with E-state index in [1.54, 1.807) is 52.9 Å². The third-order valence-corrected chi connectivity index (χ3v) is 6.04. The lowest BCUT2D eigenvalue weighted by Gasteiger charge is -2.12. The number of imidazole rings is 1. The zero-order valence-electron chi connectivity index (χ0n) is 17.4. The van der Waals surface area contributed by atoms with E-state index in [-0.39, 0.29) is 6.03 Å². The second-order valence-electron chi connectivity index (χ2n) is 6.73. The third kappa shape index (κ3) is 3.97. The zero-order chi connectivity index (χ0) is 22.0. The van der Waals surface area contributed by atoms with Crippen LogP contribution in [0.25, 0.3) is 10.5 Å². The molecule has 1 unspecified atom stereocenters. The summed E-state index contributed by atoms with van der Waals surface area (Å²) >= 11 is 1.60. The number of ether oxygens (including phenoxy) is 1. The van der Waals surface area contributed by atoms with Crippen LogP contribution in [0.4, 0.5) is 10.5 Å². The van der Waals surface area contributed by atoms with Crippen molar-refractivity contribution in [3.63, 3.8) is 0 Å². The molecule has 3 N–H and O–H groups in total. The summed E-state index contributed by atoms with van der Waals surface area (Å²) in [6.45, 7) is 4.41. The summed E-state index contributed by atoms with van der Waals surface area (Å²) in [5.74, 6) is 0.479. The van der Waals surface area contributed by atoms with Gasteiger partial charge in [0.2, 0.25) is 0 Å². The molecular weight excluding hydrogens is 418 g/mol. The van der Waals surface area contributed by atoms with Crippen LogP contribution in [0.5, 0.6) is 5.75 Å². The van der Waals surface area contributed by atoms with Crippen LogP contribution in [0, 0.1) is 0 Å². The summed E-state index contributed by atoms with van der Waals surface area (Å²) < 4.78 is 8.85. The predicted molar refractivity (Wildman–Crippen MR) is 117 cm³/mol. The summed E-state index contributed by atoms with van der Waals surface area (Å²) in [5.41, 5.74) is 2.39. The lowest BCUT2D eigenvalue weighted by molar-refractivity contribution is 0.208. The average Bonchev–Trinajstić information content (AvgIpc) is 3.49. The Hall–Kier alpha value is -3.44. The number of carbonyl (C=O) groups excluding carboxylic acids is 1. The number of urea groups is 1. The van der Waals surface area contributed by atoms with Crippen LogP contribution in [0.2, 0.25) is 0 Å². The van der Waals surface area contributed by atoms with E-state index in [4.69, 9.17) is 4.74 Å². The van der Waals surface area contributed by atoms with Gasteiger partial charge in [0.05, 0.1) is 36.6 Å². The molecular formula is C20H23N7O3S. The van der Waals surface area contributed by atoms with Gasteiger partial charge in [-0.2, -0.15) is 0 Å². The number of thiazole rings is 1. The van der Waals surface area contributed by atoms with Gasteiger partial charge in [0.1, 0.15) is 28.7 Å². The van der Waals surface area contributed by atoms with Crippen LogP contribution in [-0.4, -0.2) is 49.2 Å². The van der Waals surface area contributed by atoms with E-state index >= 15 is 0 Å². The minimum Gasteiger partial charge on any atom is -0.494 e. The number of hydrogen-bond acceptors (Lipinski definition) is 7. The Morgan fingerprint density at radius 3 is 2.94 bits per heavy atom. The molecule has 0 bridgehead atoms. The zero-order valence-corrected chi connectivity index (χ0v) is 18.2. The van der Waals surface area contributed by atoms with Gasteiger partial charge in [-0.3, -0.25) is 4.40 Å². The molecule has 11 heteroatoms. The Balaban J connectivity index is 1.62. The van der Waals surface area contributed by atoms with Gasteiger partial charge >= 0.3 is 6.03 Å². The molecule has 162 valence electrons. The maximum absolute atomic E-state index is 11.8. The van der Waals surface area contributed by atoms with E-state index in [2.05, 4.69) is 32.9 Å². The molecule has 4 rings (SSSR count). The molecule has 0 aliphatic rings. The lowest BCUT2D eigenvalue weighted by atomic mass is 10.1. The minimum atomic E-state index is -0.938. The summed E-state index contributed by atoms with van der Waals surface area (Å²) in [4.78, 5) is 18.0. The highest BCUT2D eigenvalue weighted by molar-refractivity contribution is 7.17. The molecule has 0 fully saturated rings. The van der Waals surface area contributed by atoms with Crippen LogP contribution in [0.15, 0.2) is 36.9 Å². The van der Waals surface area contributed by atoms with Crippen LogP contribution in [0.3, 0.4) is 0 Å². The fourth-order valence-corrected chi connectivity index (χ4v) is 4.38. The number of amides is 2. The lowest BCUT2D eigenvalue weighted by Crippen LogP contribution is -2.28. The predicted octanol–water partition coefficient (Wildman–Crippen LogP) is 2.77. The summed E-state index contributed by atoms with van der Waals surface area (Å²) in [5, 5.41) is 24.8. The first-order valence-electron chi connectivity index (χ1n) is 9.82. The van der Waals surface area contributed by atoms with Gasteiger partial charge in [0, 0.05) is 17.5 Å². The van der Waals surface area contributed by atoms with Crippen molar-refractivity contribution in [2.75, 3.05) is 19.0 Å². The number of aliphatic hydroxyl groups is 1. The Morgan fingerprint density at radius 1 is 1.35 bits per heavy atom. The molecule has 0 aliphatic heterocycles. The molecule has 0 aliphatic carbocycles. The first kappa shape index (κ1) is 20.8. The smallest absolute Gasteiger partial charge is 0.319 e. The molecule has 0 saturated heterocycles. The molecule has 0 radical (unpaired) electrons. The van der Waals surface area contributed by atoms with Crippen LogP contribution >= 0.6 is 11.3 Å². The number of methoxy groups -OCH3 is 1. The number of nitrogens with zero attached hydrogens (tertiary/aromatic N) is 5. The van der Waals surface area contributed by atoms with Crippen LogP contribution in [-0.2, 0) is 6.42 Å². The maximum Gasteiger partial charge on any atom is 0.319 e. The van der Waals surface area contributed by atoms with E-state index in [0.29, 0.717) is 29.4 Å². The van der Waals surface area contributed by atoms with Crippen molar-refractivity contribution in [3.05, 3.63) is 53.2 Å². The molecule has 1 aromatic carbocycles. The Labute approximate surface area is 182 Å². The number of anilines is 1. The van der Waals surface area contributed by atoms with E-state index in [1.807, 2.05) is 11.3 Å². The van der Waals surface area contributed by atoms with Crippen molar-refractivity contribution in [3.8, 4) is 11.4 Å². The first-order valence-corrected chi connectivity index (χ1v) is 10.6. The molecule has 2 amide bonds. The number of nitrogens with one attached hydrogen (secondary N) is 2. The monoisotopic (exact) mass is 441 g/mol. The van der Waals surface area contributed by atoms with Gasteiger partial charge < -0.3 is 20.5 Å². The molecule has 31 heavy (non-hydrogen) atoms. The number of fused-ring (bicyclic) bond motifs is 1. The van der Waals surface area contributed by atoms with Crippen LogP contribution in [0.1, 0.15) is 36.2 Å². The van der Waals surface area contributed by atoms with Gasteiger partial charge in [-0.1, -0.05) is 12.1 Å². The van der Waals surface area contributed by atoms with Gasteiger partial charge in [0.25, 0.3) is 0 Å². The van der Waals surface area contributed by atoms with E-state index in [0.717, 1.165) is 21.8 Å². The van der Waals surface area contributed by atoms with Crippen molar-refractivity contribution in [1.82, 2.24) is 29.7 Å². The molecule has 4 aromatic rings. The van der Waals surface area contributed by atoms with Crippen LogP contribution < -0.4 is 15.4 Å². The number of aryl methyl sites for hydroxylation is 1. The Kier molecular flexibility index (Phi) is 5.87. The van der Waals surface area contributed by atoms with Gasteiger partial charge in [-0.25, -0.2) is 14.5 Å². The van der Waals surface area contributed by atoms with Crippen molar-refractivity contribution in [2.24, 2.45) is 0 Å². The van der Waals surface area contributed by atoms with Gasteiger partial charge in [-0.05, 0) is 25.5 Å². The van der Waals surface area contributed by atoms with Gasteiger partial charge in [0.15, 0.2) is 0 Å². The van der Waals surface area contributed by atoms with Crippen molar-refractivity contribution < 1.29 is 14.6 Å². The molecule has 3 aromatic heterocycles. The van der Waals surface area contributed by atoms with E-state index in [1.165, 1.54) is 7.11 Å². The average molecular weight is 442 g/mol.